The van der Waals surface area contributed by atoms with Crippen LogP contribution in [-0.2, 0) is 0 Å². The Morgan fingerprint density at radius 2 is 0.714 bits per heavy atom. The van der Waals surface area contributed by atoms with Crippen LogP contribution in [0.2, 0.25) is 0 Å². The van der Waals surface area contributed by atoms with Crippen LogP contribution in [0, 0.1) is 34.6 Å². The highest BCUT2D eigenvalue weighted by molar-refractivity contribution is 5.47. The third kappa shape index (κ3) is 4.19. The van der Waals surface area contributed by atoms with Gasteiger partial charge in [0.1, 0.15) is 17.2 Å². The van der Waals surface area contributed by atoms with E-state index in [-0.39, 0.29) is 5.92 Å². The highest BCUT2D eigenvalue weighted by Gasteiger charge is 2.17. The Bertz CT molecular complexity index is 914. The van der Waals surface area contributed by atoms with E-state index in [1.165, 1.54) is 0 Å². The second kappa shape index (κ2) is 8.76. The normalized spacial score (nSPS) is 9.64. The van der Waals surface area contributed by atoms with Crippen LogP contribution in [0.25, 0.3) is 0 Å². The summed E-state index contributed by atoms with van der Waals surface area (Å²) in [6, 6.07) is 21.7. The molecule has 3 aromatic rings. The van der Waals surface area contributed by atoms with Crippen LogP contribution in [0.15, 0.2) is 72.8 Å². The van der Waals surface area contributed by atoms with E-state index in [0.717, 1.165) is 16.7 Å². The molecular formula is C22H13N3O3. The molecule has 0 amide bonds. The van der Waals surface area contributed by atoms with Crippen LogP contribution in [0.1, 0.15) is 22.6 Å². The molecule has 0 spiro atoms. The largest absolute Gasteiger partial charge is 0.388 e. The van der Waals surface area contributed by atoms with Crippen LogP contribution >= 0.6 is 0 Å². The van der Waals surface area contributed by atoms with Crippen molar-refractivity contribution in [3.8, 4) is 36.0 Å². The molecule has 0 aliphatic carbocycles. The Morgan fingerprint density at radius 3 is 0.929 bits per heavy atom. The first-order valence-corrected chi connectivity index (χ1v) is 8.23. The van der Waals surface area contributed by atoms with Crippen LogP contribution in [0.4, 0.5) is 0 Å². The van der Waals surface area contributed by atoms with E-state index in [0.29, 0.717) is 17.2 Å². The molecule has 0 unspecified atom stereocenters. The van der Waals surface area contributed by atoms with Gasteiger partial charge in [0.25, 0.3) is 18.8 Å². The van der Waals surface area contributed by atoms with Crippen molar-refractivity contribution in [1.82, 2.24) is 0 Å². The Hall–Kier alpha value is -4.47. The molecule has 6 heteroatoms. The first-order chi connectivity index (χ1) is 13.7. The monoisotopic (exact) mass is 367 g/mol. The number of hydrogen-bond acceptors (Lipinski definition) is 6. The topological polar surface area (TPSA) is 99.1 Å². The zero-order valence-corrected chi connectivity index (χ0v) is 14.6. The molecule has 0 aliphatic rings. The van der Waals surface area contributed by atoms with Gasteiger partial charge in [0.05, 0.1) is 0 Å². The molecule has 0 aliphatic heterocycles. The molecule has 0 bridgehead atoms. The third-order valence-corrected chi connectivity index (χ3v) is 4.13. The number of nitriles is 3. The molecule has 0 radical (unpaired) electrons. The maximum atomic E-state index is 8.65. The predicted molar refractivity (Wildman–Crippen MR) is 99.0 cm³/mol. The standard InChI is InChI=1S/C22H13N3O3/c23-13-26-19-7-1-16(2-8-19)22(17-3-9-20(10-4-17)27-14-24)18-5-11-21(12-6-18)28-15-25/h1-12,22H. The minimum Gasteiger partial charge on any atom is -0.388 e. The average Bonchev–Trinajstić information content (AvgIpc) is 2.73. The lowest BCUT2D eigenvalue weighted by molar-refractivity contribution is 0.507. The average molecular weight is 367 g/mol. The van der Waals surface area contributed by atoms with Crippen molar-refractivity contribution in [2.75, 3.05) is 0 Å². The second-order valence-electron chi connectivity index (χ2n) is 5.72. The molecule has 0 saturated heterocycles. The van der Waals surface area contributed by atoms with Crippen molar-refractivity contribution in [2.24, 2.45) is 0 Å². The first-order valence-electron chi connectivity index (χ1n) is 8.23. The van der Waals surface area contributed by atoms with Gasteiger partial charge in [-0.05, 0) is 53.1 Å². The maximum absolute atomic E-state index is 8.65. The first kappa shape index (κ1) is 18.3. The Balaban J connectivity index is 2.01. The molecule has 28 heavy (non-hydrogen) atoms. The molecule has 3 aromatic carbocycles. The van der Waals surface area contributed by atoms with E-state index in [2.05, 4.69) is 0 Å². The second-order valence-corrected chi connectivity index (χ2v) is 5.72. The molecule has 0 N–H and O–H groups in total. The Labute approximate surface area is 162 Å². The minimum absolute atomic E-state index is 0.122. The summed E-state index contributed by atoms with van der Waals surface area (Å²) in [6.07, 6.45) is 4.96. The Kier molecular flexibility index (Phi) is 5.73. The lowest BCUT2D eigenvalue weighted by Gasteiger charge is -2.19. The molecule has 0 saturated carbocycles. The summed E-state index contributed by atoms with van der Waals surface area (Å²) >= 11 is 0. The van der Waals surface area contributed by atoms with Crippen LogP contribution in [0.3, 0.4) is 0 Å². The molecule has 0 atom stereocenters. The van der Waals surface area contributed by atoms with E-state index >= 15 is 0 Å². The molecular weight excluding hydrogens is 354 g/mol. The maximum Gasteiger partial charge on any atom is 0.292 e. The molecule has 0 aromatic heterocycles. The van der Waals surface area contributed by atoms with Crippen molar-refractivity contribution in [3.05, 3.63) is 89.5 Å². The van der Waals surface area contributed by atoms with Crippen molar-refractivity contribution in [2.45, 2.75) is 5.92 Å². The van der Waals surface area contributed by atoms with Gasteiger partial charge in [0.15, 0.2) is 0 Å². The summed E-state index contributed by atoms with van der Waals surface area (Å²) in [5.74, 6) is 1.25. The van der Waals surface area contributed by atoms with Gasteiger partial charge < -0.3 is 14.2 Å². The summed E-state index contributed by atoms with van der Waals surface area (Å²) in [4.78, 5) is 0. The third-order valence-electron chi connectivity index (χ3n) is 4.13. The van der Waals surface area contributed by atoms with Crippen molar-refractivity contribution >= 4 is 0 Å². The number of benzene rings is 3. The smallest absolute Gasteiger partial charge is 0.292 e. The zero-order valence-electron chi connectivity index (χ0n) is 14.6. The van der Waals surface area contributed by atoms with Crippen molar-refractivity contribution < 1.29 is 14.2 Å². The van der Waals surface area contributed by atoms with Gasteiger partial charge in [0.2, 0.25) is 0 Å². The molecule has 134 valence electrons. The quantitative estimate of drug-likeness (QED) is 0.471. The van der Waals surface area contributed by atoms with Gasteiger partial charge in [-0.1, -0.05) is 36.4 Å². The van der Waals surface area contributed by atoms with E-state index in [4.69, 9.17) is 30.0 Å². The van der Waals surface area contributed by atoms with Crippen LogP contribution in [-0.4, -0.2) is 0 Å². The molecule has 0 fully saturated rings. The minimum atomic E-state index is -0.122. The summed E-state index contributed by atoms with van der Waals surface area (Å²) in [5.41, 5.74) is 2.94. The van der Waals surface area contributed by atoms with Gasteiger partial charge in [-0.3, -0.25) is 0 Å². The van der Waals surface area contributed by atoms with E-state index in [9.17, 15) is 0 Å². The summed E-state index contributed by atoms with van der Waals surface area (Å²) in [7, 11) is 0. The number of rotatable bonds is 6. The SMILES string of the molecule is N#COc1ccc(C(c2ccc(OC#N)cc2)c2ccc(OC#N)cc2)cc1. The highest BCUT2D eigenvalue weighted by Crippen LogP contribution is 2.34. The fourth-order valence-corrected chi connectivity index (χ4v) is 2.92. The molecule has 0 heterocycles. The van der Waals surface area contributed by atoms with Crippen molar-refractivity contribution in [3.63, 3.8) is 0 Å². The molecule has 3 rings (SSSR count). The van der Waals surface area contributed by atoms with Crippen LogP contribution in [0.5, 0.6) is 17.2 Å². The van der Waals surface area contributed by atoms with E-state index in [1.807, 2.05) is 36.4 Å². The van der Waals surface area contributed by atoms with Crippen molar-refractivity contribution in [1.29, 1.82) is 15.8 Å². The fourth-order valence-electron chi connectivity index (χ4n) is 2.92. The summed E-state index contributed by atoms with van der Waals surface area (Å²) in [6.45, 7) is 0. The Morgan fingerprint density at radius 1 is 0.464 bits per heavy atom. The van der Waals surface area contributed by atoms with E-state index in [1.54, 1.807) is 55.2 Å². The number of nitrogens with zero attached hydrogens (tertiary/aromatic N) is 3. The number of ether oxygens (including phenoxy) is 3. The molecule has 6 nitrogen and oxygen atoms in total. The van der Waals surface area contributed by atoms with Gasteiger partial charge in [-0.25, -0.2) is 0 Å². The van der Waals surface area contributed by atoms with Crippen LogP contribution < -0.4 is 14.2 Å². The summed E-state index contributed by atoms with van der Waals surface area (Å²) < 4.78 is 14.5. The zero-order chi connectivity index (χ0) is 19.8. The lowest BCUT2D eigenvalue weighted by atomic mass is 9.85. The summed E-state index contributed by atoms with van der Waals surface area (Å²) in [5, 5.41) is 26.0. The lowest BCUT2D eigenvalue weighted by Crippen LogP contribution is -2.03. The van der Waals surface area contributed by atoms with Gasteiger partial charge >= 0.3 is 0 Å². The van der Waals surface area contributed by atoms with Gasteiger partial charge in [-0.15, -0.1) is 15.8 Å². The van der Waals surface area contributed by atoms with Gasteiger partial charge in [-0.2, -0.15) is 0 Å². The fraction of sp³-hybridized carbons (Fsp3) is 0.0455. The highest BCUT2D eigenvalue weighted by atomic mass is 16.5. The van der Waals surface area contributed by atoms with Gasteiger partial charge in [0, 0.05) is 5.92 Å². The van der Waals surface area contributed by atoms with E-state index < -0.39 is 0 Å². The number of hydrogen-bond donors (Lipinski definition) is 0. The predicted octanol–water partition coefficient (Wildman–Crippen LogP) is 4.45.